The lowest BCUT2D eigenvalue weighted by molar-refractivity contribution is 1.42. The molecule has 0 fully saturated rings. The second kappa shape index (κ2) is 4.87. The van der Waals surface area contributed by atoms with Gasteiger partial charge in [0.2, 0.25) is 0 Å². The van der Waals surface area contributed by atoms with Gasteiger partial charge in [0.15, 0.2) is 0 Å². The second-order valence-corrected chi connectivity index (χ2v) is 2.91. The van der Waals surface area contributed by atoms with Crippen molar-refractivity contribution in [3.05, 3.63) is 35.9 Å². The van der Waals surface area contributed by atoms with E-state index < -0.39 is 0 Å². The van der Waals surface area contributed by atoms with Gasteiger partial charge in [-0.05, 0) is 17.7 Å². The molecule has 0 aliphatic heterocycles. The molecule has 0 spiro atoms. The van der Waals surface area contributed by atoms with E-state index in [1.54, 1.807) is 11.8 Å². The Hall–Kier alpha value is -0.870. The van der Waals surface area contributed by atoms with Gasteiger partial charge < -0.3 is 0 Å². The molecule has 11 heavy (non-hydrogen) atoms. The van der Waals surface area contributed by atoms with Gasteiger partial charge in [0.05, 0.1) is 0 Å². The van der Waals surface area contributed by atoms with Crippen LogP contribution >= 0.6 is 11.8 Å². The minimum Gasteiger partial charge on any atom is -0.0947 e. The van der Waals surface area contributed by atoms with Gasteiger partial charge in [-0.2, -0.15) is 0 Å². The summed E-state index contributed by atoms with van der Waals surface area (Å²) in [4.78, 5) is 0. The molecule has 1 aromatic rings. The minimum atomic E-state index is 0.988. The zero-order valence-corrected chi connectivity index (χ0v) is 7.32. The van der Waals surface area contributed by atoms with Crippen LogP contribution in [0.3, 0.4) is 0 Å². The van der Waals surface area contributed by atoms with Crippen LogP contribution in [0.2, 0.25) is 0 Å². The maximum Gasteiger partial charge on any atom is 0.0308 e. The molecule has 0 saturated carbocycles. The molecule has 1 heteroatoms. The molecule has 0 saturated heterocycles. The highest BCUT2D eigenvalue weighted by atomic mass is 32.2. The zero-order chi connectivity index (χ0) is 7.94. The number of hydrogen-bond acceptors (Lipinski definition) is 1. The minimum absolute atomic E-state index is 0.988. The van der Waals surface area contributed by atoms with Gasteiger partial charge in [-0.1, -0.05) is 48.0 Å². The molecule has 1 rings (SSSR count). The Morgan fingerprint density at radius 1 is 1.27 bits per heavy atom. The van der Waals surface area contributed by atoms with Crippen LogP contribution < -0.4 is 0 Å². The summed E-state index contributed by atoms with van der Waals surface area (Å²) in [6.07, 6.45) is 0. The number of thioether (sulfide) groups is 1. The topological polar surface area (TPSA) is 0 Å². The third-order valence-electron chi connectivity index (χ3n) is 1.26. The summed E-state index contributed by atoms with van der Waals surface area (Å²) in [5.41, 5.74) is 1.33. The fraction of sp³-hybridized carbons (Fsp3) is 0.200. The fourth-order valence-electron chi connectivity index (χ4n) is 0.766. The summed E-state index contributed by atoms with van der Waals surface area (Å²) in [6.45, 7) is 1.86. The third kappa shape index (κ3) is 3.15. The Kier molecular flexibility index (Phi) is 3.64. The smallest absolute Gasteiger partial charge is 0.0308 e. The van der Waals surface area contributed by atoms with Crippen LogP contribution in [0, 0.1) is 11.2 Å². The van der Waals surface area contributed by atoms with Crippen molar-refractivity contribution < 1.29 is 0 Å². The maximum atomic E-state index is 2.96. The Labute approximate surface area is 72.0 Å². The van der Waals surface area contributed by atoms with Crippen LogP contribution in [0.4, 0.5) is 0 Å². The van der Waals surface area contributed by atoms with Crippen molar-refractivity contribution in [1.29, 1.82) is 0 Å². The van der Waals surface area contributed by atoms with E-state index in [9.17, 15) is 0 Å². The van der Waals surface area contributed by atoms with Crippen molar-refractivity contribution in [2.24, 2.45) is 0 Å². The molecule has 0 atom stereocenters. The Morgan fingerprint density at radius 3 is 2.64 bits per heavy atom. The van der Waals surface area contributed by atoms with E-state index in [1.807, 2.05) is 13.0 Å². The molecule has 0 radical (unpaired) electrons. The largest absolute Gasteiger partial charge is 0.0947 e. The Morgan fingerprint density at radius 2 is 2.00 bits per heavy atom. The van der Waals surface area contributed by atoms with Crippen molar-refractivity contribution in [3.8, 4) is 11.2 Å². The van der Waals surface area contributed by atoms with Gasteiger partial charge in [0.1, 0.15) is 0 Å². The zero-order valence-electron chi connectivity index (χ0n) is 6.50. The van der Waals surface area contributed by atoms with E-state index in [0.29, 0.717) is 0 Å². The molecular formula is C10H10S. The van der Waals surface area contributed by atoms with Crippen LogP contribution in [0.15, 0.2) is 30.3 Å². The van der Waals surface area contributed by atoms with Crippen molar-refractivity contribution >= 4 is 11.8 Å². The van der Waals surface area contributed by atoms with Gasteiger partial charge in [-0.3, -0.25) is 0 Å². The van der Waals surface area contributed by atoms with Gasteiger partial charge >= 0.3 is 0 Å². The molecular weight excluding hydrogens is 152 g/mol. The summed E-state index contributed by atoms with van der Waals surface area (Å²) in [5.74, 6) is 3.84. The molecule has 0 N–H and O–H groups in total. The standard InChI is InChI=1S/C10H10S/c1-2-8-11-9-10-6-4-3-5-7-10/h3-7H,9H2,1H3. The molecule has 0 nitrogen and oxygen atoms in total. The van der Waals surface area contributed by atoms with Crippen molar-refractivity contribution in [1.82, 2.24) is 0 Å². The highest BCUT2D eigenvalue weighted by molar-refractivity contribution is 8.03. The molecule has 56 valence electrons. The normalized spacial score (nSPS) is 8.45. The van der Waals surface area contributed by atoms with Gasteiger partial charge in [-0.15, -0.1) is 0 Å². The van der Waals surface area contributed by atoms with E-state index in [1.165, 1.54) is 5.56 Å². The molecule has 0 bridgehead atoms. The molecule has 0 unspecified atom stereocenters. The van der Waals surface area contributed by atoms with Crippen molar-refractivity contribution in [2.45, 2.75) is 12.7 Å². The van der Waals surface area contributed by atoms with Crippen LogP contribution in [-0.4, -0.2) is 0 Å². The first-order valence-electron chi connectivity index (χ1n) is 3.51. The number of rotatable bonds is 2. The SMILES string of the molecule is CC#CSCc1ccccc1. The lowest BCUT2D eigenvalue weighted by Crippen LogP contribution is -1.75. The first-order valence-corrected chi connectivity index (χ1v) is 4.49. The van der Waals surface area contributed by atoms with Crippen LogP contribution in [0.1, 0.15) is 12.5 Å². The van der Waals surface area contributed by atoms with Gasteiger partial charge in [0, 0.05) is 5.75 Å². The molecule has 1 aromatic carbocycles. The summed E-state index contributed by atoms with van der Waals surface area (Å²) >= 11 is 1.65. The summed E-state index contributed by atoms with van der Waals surface area (Å²) in [5, 5.41) is 2.96. The second-order valence-electron chi connectivity index (χ2n) is 2.13. The van der Waals surface area contributed by atoms with Crippen LogP contribution in [-0.2, 0) is 5.75 Å². The Bertz CT molecular complexity index is 253. The summed E-state index contributed by atoms with van der Waals surface area (Å²) in [6, 6.07) is 10.4. The molecule has 0 amide bonds. The highest BCUT2D eigenvalue weighted by Crippen LogP contribution is 2.09. The lowest BCUT2D eigenvalue weighted by atomic mass is 10.2. The molecule has 0 aromatic heterocycles. The average molecular weight is 162 g/mol. The number of benzene rings is 1. The predicted molar refractivity (Wildman–Crippen MR) is 51.2 cm³/mol. The quantitative estimate of drug-likeness (QED) is 0.602. The first kappa shape index (κ1) is 8.23. The third-order valence-corrected chi connectivity index (χ3v) is 2.08. The van der Waals surface area contributed by atoms with Gasteiger partial charge in [-0.25, -0.2) is 0 Å². The van der Waals surface area contributed by atoms with Crippen molar-refractivity contribution in [3.63, 3.8) is 0 Å². The van der Waals surface area contributed by atoms with Crippen LogP contribution in [0.25, 0.3) is 0 Å². The number of hydrogen-bond donors (Lipinski definition) is 0. The fourth-order valence-corrected chi connectivity index (χ4v) is 1.34. The predicted octanol–water partition coefficient (Wildman–Crippen LogP) is 2.90. The van der Waals surface area contributed by atoms with Gasteiger partial charge in [0.25, 0.3) is 0 Å². The van der Waals surface area contributed by atoms with Crippen LogP contribution in [0.5, 0.6) is 0 Å². The van der Waals surface area contributed by atoms with E-state index in [-0.39, 0.29) is 0 Å². The molecule has 0 aliphatic carbocycles. The summed E-state index contributed by atoms with van der Waals surface area (Å²) < 4.78 is 0. The first-order chi connectivity index (χ1) is 5.43. The monoisotopic (exact) mass is 162 g/mol. The van der Waals surface area contributed by atoms with E-state index in [0.717, 1.165) is 5.75 Å². The van der Waals surface area contributed by atoms with E-state index in [4.69, 9.17) is 0 Å². The van der Waals surface area contributed by atoms with E-state index in [2.05, 4.69) is 35.4 Å². The lowest BCUT2D eigenvalue weighted by Gasteiger charge is -1.93. The molecule has 0 heterocycles. The summed E-state index contributed by atoms with van der Waals surface area (Å²) in [7, 11) is 0. The average Bonchev–Trinajstić information content (AvgIpc) is 2.07. The van der Waals surface area contributed by atoms with Crippen molar-refractivity contribution in [2.75, 3.05) is 0 Å². The molecule has 0 aliphatic rings. The highest BCUT2D eigenvalue weighted by Gasteiger charge is 1.87. The Balaban J connectivity index is 2.43. The van der Waals surface area contributed by atoms with E-state index >= 15 is 0 Å². The maximum absolute atomic E-state index is 2.96.